The number of hydrogen-bond donors (Lipinski definition) is 1. The molecule has 0 fully saturated rings. The molecule has 1 aliphatic rings. The monoisotopic (exact) mass is 248 g/mol. The van der Waals surface area contributed by atoms with Crippen molar-refractivity contribution < 1.29 is 0 Å². The SMILES string of the molecule is CN1CNC=C1c1ccc(-c2cccs2)s1. The molecule has 0 saturated carbocycles. The topological polar surface area (TPSA) is 15.3 Å². The molecule has 0 bridgehead atoms. The smallest absolute Gasteiger partial charge is 0.0870 e. The van der Waals surface area contributed by atoms with Crippen LogP contribution in [-0.2, 0) is 0 Å². The Morgan fingerprint density at radius 1 is 1.19 bits per heavy atom. The van der Waals surface area contributed by atoms with E-state index in [0.29, 0.717) is 0 Å². The molecule has 0 unspecified atom stereocenters. The zero-order valence-electron chi connectivity index (χ0n) is 8.93. The first-order valence-electron chi connectivity index (χ1n) is 5.13. The van der Waals surface area contributed by atoms with E-state index in [9.17, 15) is 0 Å². The van der Waals surface area contributed by atoms with Gasteiger partial charge in [0.2, 0.25) is 0 Å². The summed E-state index contributed by atoms with van der Waals surface area (Å²) in [7, 11) is 2.11. The van der Waals surface area contributed by atoms with Crippen molar-refractivity contribution in [3.05, 3.63) is 40.7 Å². The normalized spacial score (nSPS) is 15.1. The fourth-order valence-corrected chi connectivity index (χ4v) is 3.67. The van der Waals surface area contributed by atoms with Crippen molar-refractivity contribution in [1.82, 2.24) is 10.2 Å². The summed E-state index contributed by atoms with van der Waals surface area (Å²) < 4.78 is 0. The molecule has 4 heteroatoms. The molecule has 82 valence electrons. The first kappa shape index (κ1) is 9.93. The Morgan fingerprint density at radius 3 is 2.75 bits per heavy atom. The summed E-state index contributed by atoms with van der Waals surface area (Å²) in [6, 6.07) is 8.68. The number of nitrogens with zero attached hydrogens (tertiary/aromatic N) is 1. The Kier molecular flexibility index (Phi) is 2.46. The molecule has 0 aliphatic carbocycles. The molecule has 2 aromatic heterocycles. The number of nitrogens with one attached hydrogen (secondary N) is 1. The number of rotatable bonds is 2. The molecule has 0 spiro atoms. The highest BCUT2D eigenvalue weighted by molar-refractivity contribution is 7.21. The predicted molar refractivity (Wildman–Crippen MR) is 71.4 cm³/mol. The van der Waals surface area contributed by atoms with E-state index in [1.807, 2.05) is 11.3 Å². The van der Waals surface area contributed by atoms with Gasteiger partial charge in [-0.05, 0) is 23.6 Å². The van der Waals surface area contributed by atoms with Gasteiger partial charge in [-0.15, -0.1) is 22.7 Å². The fraction of sp³-hybridized carbons (Fsp3) is 0.167. The van der Waals surface area contributed by atoms with E-state index in [4.69, 9.17) is 0 Å². The van der Waals surface area contributed by atoms with E-state index in [1.165, 1.54) is 20.3 Å². The van der Waals surface area contributed by atoms with Gasteiger partial charge in [-0.25, -0.2) is 0 Å². The maximum Gasteiger partial charge on any atom is 0.0870 e. The lowest BCUT2D eigenvalue weighted by Crippen LogP contribution is -2.17. The van der Waals surface area contributed by atoms with E-state index >= 15 is 0 Å². The van der Waals surface area contributed by atoms with Crippen molar-refractivity contribution in [2.75, 3.05) is 13.7 Å². The second kappa shape index (κ2) is 3.96. The summed E-state index contributed by atoms with van der Waals surface area (Å²) in [4.78, 5) is 6.26. The summed E-state index contributed by atoms with van der Waals surface area (Å²) in [6.07, 6.45) is 2.09. The fourth-order valence-electron chi connectivity index (χ4n) is 1.76. The zero-order chi connectivity index (χ0) is 11.0. The van der Waals surface area contributed by atoms with Gasteiger partial charge < -0.3 is 10.2 Å². The van der Waals surface area contributed by atoms with Crippen LogP contribution in [0.3, 0.4) is 0 Å². The number of thiophene rings is 2. The lowest BCUT2D eigenvalue weighted by Gasteiger charge is -2.12. The minimum absolute atomic E-state index is 0.904. The molecular weight excluding hydrogens is 236 g/mol. The van der Waals surface area contributed by atoms with Gasteiger partial charge in [0.25, 0.3) is 0 Å². The minimum Gasteiger partial charge on any atom is -0.372 e. The van der Waals surface area contributed by atoms with Gasteiger partial charge in [-0.1, -0.05) is 6.07 Å². The molecule has 0 saturated heterocycles. The molecule has 16 heavy (non-hydrogen) atoms. The van der Waals surface area contributed by atoms with Crippen LogP contribution in [0.1, 0.15) is 4.88 Å². The third kappa shape index (κ3) is 1.64. The lowest BCUT2D eigenvalue weighted by molar-refractivity contribution is 0.494. The Labute approximate surface area is 103 Å². The van der Waals surface area contributed by atoms with Gasteiger partial charge in [0.1, 0.15) is 0 Å². The summed E-state index contributed by atoms with van der Waals surface area (Å²) in [5, 5.41) is 5.36. The highest BCUT2D eigenvalue weighted by Crippen LogP contribution is 2.35. The van der Waals surface area contributed by atoms with Gasteiger partial charge in [0.15, 0.2) is 0 Å². The summed E-state index contributed by atoms with van der Waals surface area (Å²) >= 11 is 3.65. The van der Waals surface area contributed by atoms with Crippen molar-refractivity contribution in [2.45, 2.75) is 0 Å². The van der Waals surface area contributed by atoms with E-state index in [2.05, 4.69) is 53.1 Å². The summed E-state index contributed by atoms with van der Waals surface area (Å²) in [5.74, 6) is 0. The molecule has 1 aliphatic heterocycles. The van der Waals surface area contributed by atoms with Gasteiger partial charge in [0.05, 0.1) is 17.2 Å². The van der Waals surface area contributed by atoms with Crippen LogP contribution in [0.5, 0.6) is 0 Å². The molecule has 3 heterocycles. The molecule has 0 atom stereocenters. The van der Waals surface area contributed by atoms with Crippen LogP contribution in [0.25, 0.3) is 15.5 Å². The van der Waals surface area contributed by atoms with Crippen LogP contribution in [0.4, 0.5) is 0 Å². The molecule has 2 aromatic rings. The van der Waals surface area contributed by atoms with Gasteiger partial charge in [0, 0.05) is 23.0 Å². The first-order valence-corrected chi connectivity index (χ1v) is 6.83. The molecule has 0 radical (unpaired) electrons. The third-order valence-electron chi connectivity index (χ3n) is 2.60. The van der Waals surface area contributed by atoms with E-state index in [-0.39, 0.29) is 0 Å². The van der Waals surface area contributed by atoms with Crippen molar-refractivity contribution in [2.24, 2.45) is 0 Å². The average Bonchev–Trinajstić information content (AvgIpc) is 2.96. The summed E-state index contributed by atoms with van der Waals surface area (Å²) in [5.41, 5.74) is 1.29. The van der Waals surface area contributed by atoms with Crippen LogP contribution in [-0.4, -0.2) is 18.6 Å². The Hall–Kier alpha value is -1.26. The van der Waals surface area contributed by atoms with Crippen molar-refractivity contribution in [3.63, 3.8) is 0 Å². The summed E-state index contributed by atoms with van der Waals surface area (Å²) in [6.45, 7) is 0.904. The number of hydrogen-bond acceptors (Lipinski definition) is 4. The van der Waals surface area contributed by atoms with Crippen molar-refractivity contribution >= 4 is 28.4 Å². The second-order valence-corrected chi connectivity index (χ2v) is 5.76. The van der Waals surface area contributed by atoms with Crippen LogP contribution in [0.2, 0.25) is 0 Å². The molecule has 2 nitrogen and oxygen atoms in total. The quantitative estimate of drug-likeness (QED) is 0.877. The standard InChI is InChI=1S/C12H12N2S2/c1-14-8-13-7-9(14)10-4-5-12(16-10)11-3-2-6-15-11/h2-7,13H,8H2,1H3. The van der Waals surface area contributed by atoms with Gasteiger partial charge >= 0.3 is 0 Å². The Morgan fingerprint density at radius 2 is 2.06 bits per heavy atom. The average molecular weight is 248 g/mol. The van der Waals surface area contributed by atoms with Crippen LogP contribution in [0.15, 0.2) is 35.8 Å². The molecular formula is C12H12N2S2. The van der Waals surface area contributed by atoms with Crippen LogP contribution >= 0.6 is 22.7 Å². The largest absolute Gasteiger partial charge is 0.372 e. The lowest BCUT2D eigenvalue weighted by atomic mass is 10.3. The first-order chi connectivity index (χ1) is 7.84. The molecule has 3 rings (SSSR count). The maximum atomic E-state index is 3.24. The molecule has 1 N–H and O–H groups in total. The third-order valence-corrected chi connectivity index (χ3v) is 4.77. The van der Waals surface area contributed by atoms with Gasteiger partial charge in [-0.3, -0.25) is 0 Å². The van der Waals surface area contributed by atoms with E-state index in [0.717, 1.165) is 6.67 Å². The predicted octanol–water partition coefficient (Wildman–Crippen LogP) is 3.27. The Balaban J connectivity index is 1.94. The van der Waals surface area contributed by atoms with Gasteiger partial charge in [-0.2, -0.15) is 0 Å². The minimum atomic E-state index is 0.904. The van der Waals surface area contributed by atoms with E-state index < -0.39 is 0 Å². The van der Waals surface area contributed by atoms with Crippen LogP contribution < -0.4 is 5.32 Å². The Bertz CT molecular complexity index is 511. The van der Waals surface area contributed by atoms with Crippen molar-refractivity contribution in [1.29, 1.82) is 0 Å². The highest BCUT2D eigenvalue weighted by atomic mass is 32.1. The van der Waals surface area contributed by atoms with Crippen molar-refractivity contribution in [3.8, 4) is 9.75 Å². The second-order valence-electron chi connectivity index (χ2n) is 3.73. The zero-order valence-corrected chi connectivity index (χ0v) is 10.6. The molecule has 0 aromatic carbocycles. The molecule has 0 amide bonds. The van der Waals surface area contributed by atoms with Crippen LogP contribution in [0, 0.1) is 0 Å². The van der Waals surface area contributed by atoms with E-state index in [1.54, 1.807) is 11.3 Å². The highest BCUT2D eigenvalue weighted by Gasteiger charge is 2.14. The maximum absolute atomic E-state index is 3.24.